The van der Waals surface area contributed by atoms with E-state index in [1.165, 1.54) is 0 Å². The Labute approximate surface area is 347 Å². The summed E-state index contributed by atoms with van der Waals surface area (Å²) in [5.41, 5.74) is 23.8. The van der Waals surface area contributed by atoms with E-state index >= 15 is 0 Å². The molecule has 0 aliphatic heterocycles. The molecule has 3 aromatic rings. The molecule has 0 bridgehead atoms. The van der Waals surface area contributed by atoms with Gasteiger partial charge in [0.1, 0.15) is 30.2 Å². The van der Waals surface area contributed by atoms with E-state index in [-0.39, 0.29) is 44.7 Å². The number of guanidine groups is 1. The number of carbonyl (C=O) groups excluding carboxylic acids is 7. The fraction of sp³-hybridized carbons (Fsp3) is 0.366. The van der Waals surface area contributed by atoms with Crippen molar-refractivity contribution in [3.05, 3.63) is 108 Å². The standard InChI is InChI=1S/C41H55N11O8/c42-23-34(54)47-24-35(55)48-31(21-27-14-6-2-7-15-27)38(58)52-33(25-53)40(60)51-32(22-28-16-8-3-9-17-28)39(59)49-29(18-10-11-19-46-41(44)45)37(57)50-30(36(43)56)20-26-12-4-1-5-13-26/h1-9,12-17,29-33,53H,10-11,18-25,42H2,(H2,43,56)(H,47,54)(H,48,55)(H,49,59)(H,50,57)(H,51,60)(H,52,58)(H4,44,45,46)/t29-,30-,31-,32-,33-/m0/s1. The third-order valence-corrected chi connectivity index (χ3v) is 9.07. The number of nitrogens with two attached hydrogens (primary N) is 4. The van der Waals surface area contributed by atoms with Crippen molar-refractivity contribution in [2.24, 2.45) is 27.9 Å². The van der Waals surface area contributed by atoms with Crippen LogP contribution >= 0.6 is 0 Å². The van der Waals surface area contributed by atoms with Crippen LogP contribution in [-0.2, 0) is 52.8 Å². The van der Waals surface area contributed by atoms with Crippen molar-refractivity contribution in [1.29, 1.82) is 0 Å². The molecule has 3 aromatic carbocycles. The molecule has 0 heterocycles. The second kappa shape index (κ2) is 25.5. The average Bonchev–Trinajstić information content (AvgIpc) is 3.24. The molecular formula is C41H55N11O8. The normalized spacial score (nSPS) is 13.2. The Bertz CT molecular complexity index is 1900. The molecule has 0 saturated heterocycles. The summed E-state index contributed by atoms with van der Waals surface area (Å²) < 4.78 is 0. The van der Waals surface area contributed by atoms with Crippen LogP contribution in [0.2, 0.25) is 0 Å². The number of nitrogens with one attached hydrogen (secondary N) is 6. The van der Waals surface area contributed by atoms with Gasteiger partial charge in [0.25, 0.3) is 0 Å². The van der Waals surface area contributed by atoms with Crippen molar-refractivity contribution in [2.75, 3.05) is 26.2 Å². The van der Waals surface area contributed by atoms with Crippen LogP contribution in [0.3, 0.4) is 0 Å². The van der Waals surface area contributed by atoms with Gasteiger partial charge < -0.3 is 59.9 Å². The predicted octanol–water partition coefficient (Wildman–Crippen LogP) is -2.87. The predicted molar refractivity (Wildman–Crippen MR) is 223 cm³/mol. The lowest BCUT2D eigenvalue weighted by Crippen LogP contribution is -2.60. The second-order valence-corrected chi connectivity index (χ2v) is 13.8. The summed E-state index contributed by atoms with van der Waals surface area (Å²) >= 11 is 0. The van der Waals surface area contributed by atoms with Crippen molar-refractivity contribution >= 4 is 47.3 Å². The number of aliphatic hydroxyl groups excluding tert-OH is 1. The Hall–Kier alpha value is -6.86. The van der Waals surface area contributed by atoms with E-state index in [0.717, 1.165) is 5.56 Å². The number of amides is 7. The fourth-order valence-corrected chi connectivity index (χ4v) is 5.91. The number of aliphatic hydroxyl groups is 1. The number of hydrogen-bond acceptors (Lipinski definition) is 10. The number of carbonyl (C=O) groups is 7. The van der Waals surface area contributed by atoms with Crippen LogP contribution in [0, 0.1) is 0 Å². The van der Waals surface area contributed by atoms with Crippen molar-refractivity contribution in [3.63, 3.8) is 0 Å². The Morgan fingerprint density at radius 2 is 0.950 bits per heavy atom. The maximum absolute atomic E-state index is 14.1. The van der Waals surface area contributed by atoms with Gasteiger partial charge in [0.05, 0.1) is 19.7 Å². The first-order valence-corrected chi connectivity index (χ1v) is 19.3. The Morgan fingerprint density at radius 3 is 1.42 bits per heavy atom. The van der Waals surface area contributed by atoms with E-state index in [1.807, 2.05) is 0 Å². The van der Waals surface area contributed by atoms with Gasteiger partial charge in [-0.3, -0.25) is 38.6 Å². The Balaban J connectivity index is 1.83. The van der Waals surface area contributed by atoms with Crippen LogP contribution in [-0.4, -0.2) is 109 Å². The minimum Gasteiger partial charge on any atom is -0.394 e. The van der Waals surface area contributed by atoms with Crippen molar-refractivity contribution in [1.82, 2.24) is 31.9 Å². The molecule has 0 fully saturated rings. The van der Waals surface area contributed by atoms with Gasteiger partial charge in [-0.1, -0.05) is 91.0 Å². The van der Waals surface area contributed by atoms with Crippen LogP contribution in [0.15, 0.2) is 96.0 Å². The first-order chi connectivity index (χ1) is 28.8. The highest BCUT2D eigenvalue weighted by Crippen LogP contribution is 2.10. The summed E-state index contributed by atoms with van der Waals surface area (Å²) in [4.78, 5) is 95.9. The molecule has 19 nitrogen and oxygen atoms in total. The van der Waals surface area contributed by atoms with Crippen molar-refractivity contribution < 1.29 is 38.7 Å². The maximum atomic E-state index is 14.1. The maximum Gasteiger partial charge on any atom is 0.245 e. The van der Waals surface area contributed by atoms with Crippen LogP contribution in [0.25, 0.3) is 0 Å². The van der Waals surface area contributed by atoms with Gasteiger partial charge in [0.15, 0.2) is 5.96 Å². The van der Waals surface area contributed by atoms with E-state index in [4.69, 9.17) is 22.9 Å². The zero-order chi connectivity index (χ0) is 43.9. The highest BCUT2D eigenvalue weighted by atomic mass is 16.3. The molecule has 0 aliphatic rings. The molecule has 0 unspecified atom stereocenters. The van der Waals surface area contributed by atoms with Gasteiger partial charge in [0.2, 0.25) is 41.4 Å². The molecule has 19 heteroatoms. The zero-order valence-electron chi connectivity index (χ0n) is 33.2. The number of nitrogens with zero attached hydrogens (tertiary/aromatic N) is 1. The van der Waals surface area contributed by atoms with Gasteiger partial charge >= 0.3 is 0 Å². The minimum atomic E-state index is -1.60. The number of benzene rings is 3. The van der Waals surface area contributed by atoms with Gasteiger partial charge in [0, 0.05) is 25.8 Å². The summed E-state index contributed by atoms with van der Waals surface area (Å²) in [5, 5.41) is 25.5. The number of aliphatic imine (C=N–C) groups is 1. The summed E-state index contributed by atoms with van der Waals surface area (Å²) in [5.74, 6) is -5.48. The van der Waals surface area contributed by atoms with Crippen LogP contribution in [0.4, 0.5) is 0 Å². The first-order valence-electron chi connectivity index (χ1n) is 19.3. The van der Waals surface area contributed by atoms with E-state index in [2.05, 4.69) is 36.9 Å². The van der Waals surface area contributed by atoms with Crippen LogP contribution in [0.1, 0.15) is 36.0 Å². The molecular weight excluding hydrogens is 775 g/mol. The molecule has 7 amide bonds. The fourth-order valence-electron chi connectivity index (χ4n) is 5.91. The largest absolute Gasteiger partial charge is 0.394 e. The minimum absolute atomic E-state index is 0.0145. The quantitative estimate of drug-likeness (QED) is 0.0234. The molecule has 0 aromatic heterocycles. The lowest BCUT2D eigenvalue weighted by Gasteiger charge is -2.27. The summed E-state index contributed by atoms with van der Waals surface area (Å²) in [6, 6.07) is 19.7. The highest BCUT2D eigenvalue weighted by molar-refractivity contribution is 5.97. The molecule has 5 atom stereocenters. The molecule has 322 valence electrons. The lowest BCUT2D eigenvalue weighted by atomic mass is 10.0. The first kappa shape index (κ1) is 47.5. The zero-order valence-corrected chi connectivity index (χ0v) is 33.2. The lowest BCUT2D eigenvalue weighted by molar-refractivity contribution is -0.135. The molecule has 15 N–H and O–H groups in total. The van der Waals surface area contributed by atoms with Crippen molar-refractivity contribution in [3.8, 4) is 0 Å². The molecule has 0 radical (unpaired) electrons. The number of hydrogen-bond donors (Lipinski definition) is 11. The summed E-state index contributed by atoms with van der Waals surface area (Å²) in [7, 11) is 0. The third-order valence-electron chi connectivity index (χ3n) is 9.07. The van der Waals surface area contributed by atoms with E-state index in [1.54, 1.807) is 91.0 Å². The van der Waals surface area contributed by atoms with E-state index < -0.39 is 84.7 Å². The second-order valence-electron chi connectivity index (χ2n) is 13.8. The smallest absolute Gasteiger partial charge is 0.245 e. The van der Waals surface area contributed by atoms with Gasteiger partial charge in [-0.05, 0) is 36.0 Å². The van der Waals surface area contributed by atoms with E-state index in [9.17, 15) is 38.7 Å². The number of rotatable bonds is 25. The monoisotopic (exact) mass is 829 g/mol. The number of primary amides is 1. The SMILES string of the molecule is NCC(=O)NCC(=O)N[C@@H](Cc1ccccc1)C(=O)N[C@@H](CO)C(=O)N[C@@H](Cc1ccccc1)C(=O)N[C@@H](CCCCN=C(N)N)C(=O)N[C@@H](Cc1ccccc1)C(N)=O. The van der Waals surface area contributed by atoms with Crippen LogP contribution < -0.4 is 54.8 Å². The molecule has 60 heavy (non-hydrogen) atoms. The van der Waals surface area contributed by atoms with Gasteiger partial charge in [-0.2, -0.15) is 0 Å². The van der Waals surface area contributed by atoms with Gasteiger partial charge in [-0.15, -0.1) is 0 Å². The summed E-state index contributed by atoms with van der Waals surface area (Å²) in [6.45, 7) is -1.46. The van der Waals surface area contributed by atoms with Crippen LogP contribution in [0.5, 0.6) is 0 Å². The third kappa shape index (κ3) is 17.3. The van der Waals surface area contributed by atoms with Gasteiger partial charge in [-0.25, -0.2) is 0 Å². The van der Waals surface area contributed by atoms with E-state index in [0.29, 0.717) is 24.0 Å². The number of unbranched alkanes of at least 4 members (excludes halogenated alkanes) is 1. The molecule has 3 rings (SSSR count). The molecule has 0 aliphatic carbocycles. The average molecular weight is 830 g/mol. The Morgan fingerprint density at radius 1 is 0.533 bits per heavy atom. The Kier molecular flexibility index (Phi) is 20.2. The highest BCUT2D eigenvalue weighted by Gasteiger charge is 2.32. The molecule has 0 spiro atoms. The summed E-state index contributed by atoms with van der Waals surface area (Å²) in [6.07, 6.45) is 0.900. The topological polar surface area (TPSA) is 328 Å². The van der Waals surface area contributed by atoms with Crippen molar-refractivity contribution in [2.45, 2.75) is 68.7 Å². The molecule has 0 saturated carbocycles.